The van der Waals surface area contributed by atoms with Crippen molar-refractivity contribution in [3.63, 3.8) is 0 Å². The average Bonchev–Trinajstić information content (AvgIpc) is 2.69. The number of hydrogen-bond acceptors (Lipinski definition) is 7. The van der Waals surface area contributed by atoms with Crippen molar-refractivity contribution in [3.05, 3.63) is 64.0 Å². The molecule has 9 nitrogen and oxygen atoms in total. The van der Waals surface area contributed by atoms with Gasteiger partial charge in [0, 0.05) is 54.4 Å². The largest absolute Gasteiger partial charge is 0.378 e. The van der Waals surface area contributed by atoms with Gasteiger partial charge in [0.25, 0.3) is 11.6 Å². The number of aromatic nitrogens is 1. The summed E-state index contributed by atoms with van der Waals surface area (Å²) in [5.41, 5.74) is 4.16. The molecule has 2 heterocycles. The predicted molar refractivity (Wildman–Crippen MR) is 95.4 cm³/mol. The first-order valence-corrected chi connectivity index (χ1v) is 8.00. The number of non-ortho nitro benzene ring substituents is 1. The van der Waals surface area contributed by atoms with Crippen LogP contribution in [0.5, 0.6) is 0 Å². The Hall–Kier alpha value is -3.33. The van der Waals surface area contributed by atoms with Crippen LogP contribution in [0.25, 0.3) is 0 Å². The fraction of sp³-hybridized carbons (Fsp3) is 0.235. The monoisotopic (exact) mass is 355 g/mol. The quantitative estimate of drug-likeness (QED) is 0.495. The van der Waals surface area contributed by atoms with E-state index in [1.165, 1.54) is 30.7 Å². The second kappa shape index (κ2) is 8.17. The van der Waals surface area contributed by atoms with E-state index in [-0.39, 0.29) is 11.6 Å². The van der Waals surface area contributed by atoms with Crippen molar-refractivity contribution >= 4 is 23.5 Å². The number of pyridine rings is 1. The summed E-state index contributed by atoms with van der Waals surface area (Å²) in [6.07, 6.45) is 4.43. The van der Waals surface area contributed by atoms with Crippen LogP contribution in [0.4, 0.5) is 11.4 Å². The van der Waals surface area contributed by atoms with Crippen LogP contribution in [-0.4, -0.2) is 48.3 Å². The molecule has 1 aliphatic rings. The van der Waals surface area contributed by atoms with Crippen molar-refractivity contribution in [1.29, 1.82) is 0 Å². The summed E-state index contributed by atoms with van der Waals surface area (Å²) in [7, 11) is 0. The molecule has 0 spiro atoms. The molecule has 26 heavy (non-hydrogen) atoms. The first-order chi connectivity index (χ1) is 12.6. The molecule has 0 aliphatic carbocycles. The van der Waals surface area contributed by atoms with Crippen LogP contribution in [0.2, 0.25) is 0 Å². The molecule has 0 radical (unpaired) electrons. The fourth-order valence-electron chi connectivity index (χ4n) is 2.58. The second-order valence-electron chi connectivity index (χ2n) is 5.53. The van der Waals surface area contributed by atoms with E-state index in [9.17, 15) is 14.9 Å². The number of benzene rings is 1. The maximum absolute atomic E-state index is 12.0. The Balaban J connectivity index is 1.80. The van der Waals surface area contributed by atoms with Crippen LogP contribution in [0.3, 0.4) is 0 Å². The van der Waals surface area contributed by atoms with Crippen molar-refractivity contribution in [3.8, 4) is 0 Å². The summed E-state index contributed by atoms with van der Waals surface area (Å²) in [6, 6.07) is 7.72. The second-order valence-corrected chi connectivity index (χ2v) is 5.53. The Bertz CT molecular complexity index is 819. The summed E-state index contributed by atoms with van der Waals surface area (Å²) in [4.78, 5) is 28.5. The number of nitrogens with one attached hydrogen (secondary N) is 1. The number of amides is 1. The molecule has 1 saturated heterocycles. The number of nitro groups is 1. The van der Waals surface area contributed by atoms with Gasteiger partial charge in [0.1, 0.15) is 0 Å². The lowest BCUT2D eigenvalue weighted by Gasteiger charge is -2.29. The van der Waals surface area contributed by atoms with Gasteiger partial charge in [-0.05, 0) is 18.2 Å². The van der Waals surface area contributed by atoms with Crippen LogP contribution in [0, 0.1) is 10.1 Å². The zero-order valence-corrected chi connectivity index (χ0v) is 13.9. The van der Waals surface area contributed by atoms with Crippen LogP contribution in [0.15, 0.2) is 47.8 Å². The molecule has 1 aromatic heterocycles. The summed E-state index contributed by atoms with van der Waals surface area (Å²) in [5.74, 6) is -0.387. The molecule has 1 N–H and O–H groups in total. The minimum Gasteiger partial charge on any atom is -0.378 e. The minimum atomic E-state index is -0.462. The molecule has 0 atom stereocenters. The number of morpholine rings is 1. The summed E-state index contributed by atoms with van der Waals surface area (Å²) >= 11 is 0. The van der Waals surface area contributed by atoms with Gasteiger partial charge in [-0.2, -0.15) is 5.10 Å². The Morgan fingerprint density at radius 1 is 1.27 bits per heavy atom. The molecular formula is C17H17N5O4. The van der Waals surface area contributed by atoms with E-state index >= 15 is 0 Å². The Morgan fingerprint density at radius 2 is 2.00 bits per heavy atom. The standard InChI is InChI=1S/C17H17N5O4/c23-17(13-3-5-18-6-4-13)20-19-12-14-11-15(22(24)25)1-2-16(14)21-7-9-26-10-8-21/h1-6,11-12H,7-10H2,(H,20,23)/b19-12+. The highest BCUT2D eigenvalue weighted by Crippen LogP contribution is 2.25. The maximum atomic E-state index is 12.0. The zero-order valence-electron chi connectivity index (χ0n) is 13.9. The minimum absolute atomic E-state index is 0.0380. The van der Waals surface area contributed by atoms with Crippen molar-refractivity contribution < 1.29 is 14.5 Å². The van der Waals surface area contributed by atoms with Crippen LogP contribution in [0.1, 0.15) is 15.9 Å². The smallest absolute Gasteiger partial charge is 0.271 e. The zero-order chi connectivity index (χ0) is 18.4. The van der Waals surface area contributed by atoms with Gasteiger partial charge in [0.05, 0.1) is 24.4 Å². The first-order valence-electron chi connectivity index (χ1n) is 8.00. The fourth-order valence-corrected chi connectivity index (χ4v) is 2.58. The molecule has 0 saturated carbocycles. The molecule has 0 bridgehead atoms. The van der Waals surface area contributed by atoms with Gasteiger partial charge in [-0.1, -0.05) is 0 Å². The third-order valence-electron chi connectivity index (χ3n) is 3.89. The van der Waals surface area contributed by atoms with Gasteiger partial charge in [0.15, 0.2) is 0 Å². The van der Waals surface area contributed by atoms with E-state index in [2.05, 4.69) is 20.4 Å². The summed E-state index contributed by atoms with van der Waals surface area (Å²) < 4.78 is 5.34. The Morgan fingerprint density at radius 3 is 2.69 bits per heavy atom. The van der Waals surface area contributed by atoms with Gasteiger partial charge in [-0.3, -0.25) is 19.9 Å². The number of carbonyl (C=O) groups excluding carboxylic acids is 1. The molecule has 1 fully saturated rings. The molecule has 0 unspecified atom stereocenters. The van der Waals surface area contributed by atoms with Crippen molar-refractivity contribution in [2.75, 3.05) is 31.2 Å². The van der Waals surface area contributed by atoms with Crippen LogP contribution < -0.4 is 10.3 Å². The molecular weight excluding hydrogens is 338 g/mol. The van der Waals surface area contributed by atoms with Gasteiger partial charge in [-0.15, -0.1) is 0 Å². The number of nitrogens with zero attached hydrogens (tertiary/aromatic N) is 4. The highest BCUT2D eigenvalue weighted by molar-refractivity contribution is 5.95. The number of anilines is 1. The summed E-state index contributed by atoms with van der Waals surface area (Å²) in [6.45, 7) is 2.54. The topological polar surface area (TPSA) is 110 Å². The third kappa shape index (κ3) is 4.19. The summed E-state index contributed by atoms with van der Waals surface area (Å²) in [5, 5.41) is 15.0. The average molecular weight is 355 g/mol. The van der Waals surface area contributed by atoms with Gasteiger partial charge < -0.3 is 9.64 Å². The van der Waals surface area contributed by atoms with Crippen LogP contribution >= 0.6 is 0 Å². The van der Waals surface area contributed by atoms with Gasteiger partial charge >= 0.3 is 0 Å². The number of hydrazone groups is 1. The number of hydrogen-bond donors (Lipinski definition) is 1. The molecule has 3 rings (SSSR count). The first kappa shape index (κ1) is 17.5. The SMILES string of the molecule is O=C(N/N=C/c1cc([N+](=O)[O-])ccc1N1CCOCC1)c1ccncc1. The van der Waals surface area contributed by atoms with Gasteiger partial charge in [0.2, 0.25) is 0 Å². The lowest BCUT2D eigenvalue weighted by atomic mass is 10.1. The number of carbonyl (C=O) groups is 1. The predicted octanol–water partition coefficient (Wildman–Crippen LogP) is 1.59. The van der Waals surface area contributed by atoms with Gasteiger partial charge in [-0.25, -0.2) is 5.43 Å². The van der Waals surface area contributed by atoms with Crippen molar-refractivity contribution in [2.45, 2.75) is 0 Å². The highest BCUT2D eigenvalue weighted by atomic mass is 16.6. The van der Waals surface area contributed by atoms with Crippen molar-refractivity contribution in [2.24, 2.45) is 5.10 Å². The molecule has 1 aliphatic heterocycles. The molecule has 1 amide bonds. The van der Waals surface area contributed by atoms with E-state index in [1.54, 1.807) is 18.2 Å². The van der Waals surface area contributed by atoms with Crippen LogP contribution in [-0.2, 0) is 4.74 Å². The van der Waals surface area contributed by atoms with E-state index in [1.807, 2.05) is 0 Å². The lowest BCUT2D eigenvalue weighted by Crippen LogP contribution is -2.36. The normalized spacial score (nSPS) is 14.4. The Kier molecular flexibility index (Phi) is 5.49. The Labute approximate surface area is 149 Å². The van der Waals surface area contributed by atoms with E-state index in [4.69, 9.17) is 4.74 Å². The maximum Gasteiger partial charge on any atom is 0.271 e. The molecule has 9 heteroatoms. The van der Waals surface area contributed by atoms with E-state index in [0.29, 0.717) is 37.4 Å². The lowest BCUT2D eigenvalue weighted by molar-refractivity contribution is -0.384. The number of ether oxygens (including phenoxy) is 1. The molecule has 134 valence electrons. The number of rotatable bonds is 5. The molecule has 2 aromatic rings. The number of nitro benzene ring substituents is 1. The molecule has 1 aromatic carbocycles. The van der Waals surface area contributed by atoms with Crippen molar-refractivity contribution in [1.82, 2.24) is 10.4 Å². The van der Waals surface area contributed by atoms with E-state index < -0.39 is 4.92 Å². The highest BCUT2D eigenvalue weighted by Gasteiger charge is 2.17. The van der Waals surface area contributed by atoms with E-state index in [0.717, 1.165) is 5.69 Å². The third-order valence-corrected chi connectivity index (χ3v) is 3.89.